The number of carbonyl (C=O) groups excluding carboxylic acids is 1. The molecule has 0 saturated carbocycles. The molecule has 0 N–H and O–H groups in total. The van der Waals surface area contributed by atoms with Gasteiger partial charge in [0.1, 0.15) is 5.82 Å². The standard InChI is InChI=1S/C23H26N4O/c1-5-17-15-25-16(3)26-22(17)18-10-12-19(13-11-18)23(28)27(4)21(6-2)20-9-7-8-14-24-20/h7-15,21H,5-6H2,1-4H3/t21-/m1/s1. The van der Waals surface area contributed by atoms with E-state index in [2.05, 4.69) is 28.8 Å². The molecule has 144 valence electrons. The molecule has 1 amide bonds. The molecule has 0 radical (unpaired) electrons. The van der Waals surface area contributed by atoms with Crippen molar-refractivity contribution in [3.05, 3.63) is 77.5 Å². The summed E-state index contributed by atoms with van der Waals surface area (Å²) in [6, 6.07) is 13.4. The first-order valence-electron chi connectivity index (χ1n) is 9.66. The Morgan fingerprint density at radius 2 is 1.82 bits per heavy atom. The van der Waals surface area contributed by atoms with Crippen LogP contribution in [0.25, 0.3) is 11.3 Å². The van der Waals surface area contributed by atoms with Crippen LogP contribution < -0.4 is 0 Å². The van der Waals surface area contributed by atoms with Crippen LogP contribution in [-0.2, 0) is 6.42 Å². The van der Waals surface area contributed by atoms with Crippen molar-refractivity contribution in [1.29, 1.82) is 0 Å². The summed E-state index contributed by atoms with van der Waals surface area (Å²) in [5.41, 5.74) is 4.59. The zero-order valence-electron chi connectivity index (χ0n) is 16.9. The van der Waals surface area contributed by atoms with Crippen molar-refractivity contribution in [2.75, 3.05) is 7.05 Å². The quantitative estimate of drug-likeness (QED) is 0.631. The van der Waals surface area contributed by atoms with E-state index in [1.807, 2.05) is 62.6 Å². The Balaban J connectivity index is 1.85. The minimum Gasteiger partial charge on any atom is -0.333 e. The van der Waals surface area contributed by atoms with Gasteiger partial charge in [0.25, 0.3) is 5.91 Å². The van der Waals surface area contributed by atoms with E-state index < -0.39 is 0 Å². The van der Waals surface area contributed by atoms with E-state index in [-0.39, 0.29) is 11.9 Å². The maximum atomic E-state index is 13.0. The largest absolute Gasteiger partial charge is 0.333 e. The van der Waals surface area contributed by atoms with Crippen molar-refractivity contribution in [2.24, 2.45) is 0 Å². The Kier molecular flexibility index (Phi) is 6.14. The molecule has 3 rings (SSSR count). The molecule has 0 aliphatic carbocycles. The Morgan fingerprint density at radius 1 is 1.07 bits per heavy atom. The molecule has 1 atom stereocenters. The van der Waals surface area contributed by atoms with E-state index in [9.17, 15) is 4.79 Å². The number of pyridine rings is 1. The zero-order valence-corrected chi connectivity index (χ0v) is 16.9. The summed E-state index contributed by atoms with van der Waals surface area (Å²) in [5.74, 6) is 0.729. The number of benzene rings is 1. The van der Waals surface area contributed by atoms with Gasteiger partial charge in [-0.1, -0.05) is 32.0 Å². The highest BCUT2D eigenvalue weighted by molar-refractivity contribution is 5.94. The highest BCUT2D eigenvalue weighted by Gasteiger charge is 2.22. The van der Waals surface area contributed by atoms with Gasteiger partial charge in [-0.25, -0.2) is 9.97 Å². The van der Waals surface area contributed by atoms with Gasteiger partial charge in [0.15, 0.2) is 0 Å². The second kappa shape index (κ2) is 8.74. The van der Waals surface area contributed by atoms with E-state index in [1.165, 1.54) is 0 Å². The van der Waals surface area contributed by atoms with Gasteiger partial charge in [-0.15, -0.1) is 0 Å². The SMILES string of the molecule is CCc1cnc(C)nc1-c1ccc(C(=O)N(C)[C@H](CC)c2ccccn2)cc1. The minimum atomic E-state index is -0.0513. The molecule has 0 spiro atoms. The number of amides is 1. The van der Waals surface area contributed by atoms with Gasteiger partial charge >= 0.3 is 0 Å². The number of aromatic nitrogens is 3. The molecule has 1 aromatic carbocycles. The summed E-state index contributed by atoms with van der Waals surface area (Å²) < 4.78 is 0. The molecule has 0 aliphatic rings. The smallest absolute Gasteiger partial charge is 0.254 e. The van der Waals surface area contributed by atoms with Crippen LogP contribution in [0.2, 0.25) is 0 Å². The summed E-state index contributed by atoms with van der Waals surface area (Å²) in [4.78, 5) is 28.1. The Hall–Kier alpha value is -3.08. The lowest BCUT2D eigenvalue weighted by Crippen LogP contribution is -2.31. The van der Waals surface area contributed by atoms with Crippen molar-refractivity contribution in [2.45, 2.75) is 39.7 Å². The number of hydrogen-bond acceptors (Lipinski definition) is 4. The molecule has 0 bridgehead atoms. The van der Waals surface area contributed by atoms with Gasteiger partial charge < -0.3 is 4.90 Å². The van der Waals surface area contributed by atoms with Crippen LogP contribution in [0, 0.1) is 6.92 Å². The van der Waals surface area contributed by atoms with Crippen molar-refractivity contribution in [1.82, 2.24) is 19.9 Å². The second-order valence-electron chi connectivity index (χ2n) is 6.82. The lowest BCUT2D eigenvalue weighted by molar-refractivity contribution is 0.0723. The summed E-state index contributed by atoms with van der Waals surface area (Å²) >= 11 is 0. The minimum absolute atomic E-state index is 0.0152. The predicted octanol–water partition coefficient (Wildman–Crippen LogP) is 4.63. The molecule has 0 saturated heterocycles. The van der Waals surface area contributed by atoms with Gasteiger partial charge in [-0.2, -0.15) is 0 Å². The molecule has 0 aliphatic heterocycles. The fourth-order valence-corrected chi connectivity index (χ4v) is 3.37. The molecule has 28 heavy (non-hydrogen) atoms. The monoisotopic (exact) mass is 374 g/mol. The summed E-state index contributed by atoms with van der Waals surface area (Å²) in [7, 11) is 1.84. The van der Waals surface area contributed by atoms with Crippen LogP contribution >= 0.6 is 0 Å². The van der Waals surface area contributed by atoms with Crippen molar-refractivity contribution >= 4 is 5.91 Å². The van der Waals surface area contributed by atoms with E-state index >= 15 is 0 Å². The Labute approximate surface area is 166 Å². The number of hydrogen-bond donors (Lipinski definition) is 0. The van der Waals surface area contributed by atoms with Crippen LogP contribution in [0.4, 0.5) is 0 Å². The zero-order chi connectivity index (χ0) is 20.1. The molecular formula is C23H26N4O. The van der Waals surface area contributed by atoms with Crippen molar-refractivity contribution in [3.63, 3.8) is 0 Å². The van der Waals surface area contributed by atoms with Crippen LogP contribution in [0.15, 0.2) is 54.9 Å². The Bertz CT molecular complexity index is 939. The lowest BCUT2D eigenvalue weighted by Gasteiger charge is -2.27. The maximum absolute atomic E-state index is 13.0. The molecule has 2 heterocycles. The molecule has 5 heteroatoms. The molecule has 0 fully saturated rings. The van der Waals surface area contributed by atoms with Crippen LogP contribution in [0.1, 0.15) is 53.7 Å². The number of aryl methyl sites for hydroxylation is 2. The van der Waals surface area contributed by atoms with Gasteiger partial charge in [0, 0.05) is 30.6 Å². The average Bonchev–Trinajstić information content (AvgIpc) is 2.74. The third-order valence-corrected chi connectivity index (χ3v) is 4.97. The second-order valence-corrected chi connectivity index (χ2v) is 6.82. The third-order valence-electron chi connectivity index (χ3n) is 4.97. The van der Waals surface area contributed by atoms with Crippen molar-refractivity contribution < 1.29 is 4.79 Å². The molecule has 2 aromatic heterocycles. The summed E-state index contributed by atoms with van der Waals surface area (Å²) in [6.45, 7) is 6.04. The topological polar surface area (TPSA) is 59.0 Å². The van der Waals surface area contributed by atoms with E-state index in [0.717, 1.165) is 41.2 Å². The number of carbonyl (C=O) groups is 1. The van der Waals surface area contributed by atoms with Crippen LogP contribution in [0.5, 0.6) is 0 Å². The van der Waals surface area contributed by atoms with E-state index in [0.29, 0.717) is 5.56 Å². The van der Waals surface area contributed by atoms with Gasteiger partial charge in [-0.3, -0.25) is 9.78 Å². The van der Waals surface area contributed by atoms with Gasteiger partial charge in [0.2, 0.25) is 0 Å². The highest BCUT2D eigenvalue weighted by Crippen LogP contribution is 2.25. The normalized spacial score (nSPS) is 11.9. The first kappa shape index (κ1) is 19.7. The summed E-state index contributed by atoms with van der Waals surface area (Å²) in [6.07, 6.45) is 5.31. The maximum Gasteiger partial charge on any atom is 0.254 e. The van der Waals surface area contributed by atoms with Gasteiger partial charge in [-0.05, 0) is 49.6 Å². The fraction of sp³-hybridized carbons (Fsp3) is 0.304. The van der Waals surface area contributed by atoms with Crippen molar-refractivity contribution in [3.8, 4) is 11.3 Å². The number of nitrogens with zero attached hydrogens (tertiary/aromatic N) is 4. The third kappa shape index (κ3) is 4.09. The first-order valence-corrected chi connectivity index (χ1v) is 9.66. The van der Waals surface area contributed by atoms with Gasteiger partial charge in [0.05, 0.1) is 17.4 Å². The summed E-state index contributed by atoms with van der Waals surface area (Å²) in [5, 5.41) is 0. The fourth-order valence-electron chi connectivity index (χ4n) is 3.37. The molecule has 3 aromatic rings. The molecular weight excluding hydrogens is 348 g/mol. The average molecular weight is 374 g/mol. The number of rotatable bonds is 6. The van der Waals surface area contributed by atoms with E-state index in [1.54, 1.807) is 11.1 Å². The Morgan fingerprint density at radius 3 is 2.43 bits per heavy atom. The first-order chi connectivity index (χ1) is 13.5. The van der Waals surface area contributed by atoms with Crippen LogP contribution in [-0.4, -0.2) is 32.8 Å². The van der Waals surface area contributed by atoms with E-state index in [4.69, 9.17) is 0 Å². The lowest BCUT2D eigenvalue weighted by atomic mass is 10.0. The molecule has 5 nitrogen and oxygen atoms in total. The predicted molar refractivity (Wildman–Crippen MR) is 111 cm³/mol. The molecule has 0 unspecified atom stereocenters. The highest BCUT2D eigenvalue weighted by atomic mass is 16.2. The van der Waals surface area contributed by atoms with Crippen LogP contribution in [0.3, 0.4) is 0 Å².